The van der Waals surface area contributed by atoms with Crippen LogP contribution in [0.2, 0.25) is 0 Å². The second kappa shape index (κ2) is 12.7. The van der Waals surface area contributed by atoms with Crippen LogP contribution < -0.4 is 4.90 Å². The topological polar surface area (TPSA) is 3.24 Å². The summed E-state index contributed by atoms with van der Waals surface area (Å²) in [6, 6.07) is 72.9. The fourth-order valence-corrected chi connectivity index (χ4v) is 8.93. The van der Waals surface area contributed by atoms with Crippen molar-refractivity contribution in [3.63, 3.8) is 0 Å². The zero-order valence-electron chi connectivity index (χ0n) is 28.4. The molecule has 0 aliphatic heterocycles. The lowest BCUT2D eigenvalue weighted by Gasteiger charge is -2.27. The van der Waals surface area contributed by atoms with Crippen molar-refractivity contribution < 1.29 is 0 Å². The van der Waals surface area contributed by atoms with Crippen LogP contribution in [0.15, 0.2) is 200 Å². The largest absolute Gasteiger partial charge is 0.310 e. The van der Waals surface area contributed by atoms with E-state index in [4.69, 9.17) is 0 Å². The summed E-state index contributed by atoms with van der Waals surface area (Å²) < 4.78 is 2.61. The quantitative estimate of drug-likeness (QED) is 0.169. The third kappa shape index (κ3) is 5.24. The van der Waals surface area contributed by atoms with Crippen molar-refractivity contribution in [2.45, 2.75) is 0 Å². The average molecular weight is 680 g/mol. The van der Waals surface area contributed by atoms with Gasteiger partial charge in [-0.15, -0.1) is 11.3 Å². The van der Waals surface area contributed by atoms with Gasteiger partial charge in [0.2, 0.25) is 0 Å². The summed E-state index contributed by atoms with van der Waals surface area (Å²) in [6.45, 7) is 0. The number of hydrogen-bond acceptors (Lipinski definition) is 2. The first-order valence-corrected chi connectivity index (χ1v) is 18.6. The minimum atomic E-state index is 1.12. The molecule has 0 bridgehead atoms. The summed E-state index contributed by atoms with van der Waals surface area (Å²) in [6.07, 6.45) is 0. The van der Waals surface area contributed by atoms with Crippen molar-refractivity contribution in [3.05, 3.63) is 200 Å². The molecule has 0 N–H and O–H groups in total. The molecule has 244 valence electrons. The molecule has 0 amide bonds. The van der Waals surface area contributed by atoms with Crippen LogP contribution in [0.5, 0.6) is 0 Å². The number of benzene rings is 9. The van der Waals surface area contributed by atoms with E-state index >= 15 is 0 Å². The highest BCUT2D eigenvalue weighted by molar-refractivity contribution is 7.25. The summed E-state index contributed by atoms with van der Waals surface area (Å²) in [5.41, 5.74) is 10.8. The van der Waals surface area contributed by atoms with Gasteiger partial charge in [-0.3, -0.25) is 0 Å². The molecule has 2 heteroatoms. The Labute approximate surface area is 307 Å². The van der Waals surface area contributed by atoms with Gasteiger partial charge in [-0.05, 0) is 92.0 Å². The van der Waals surface area contributed by atoms with E-state index in [0.29, 0.717) is 0 Å². The van der Waals surface area contributed by atoms with Crippen molar-refractivity contribution in [1.29, 1.82) is 0 Å². The van der Waals surface area contributed by atoms with Gasteiger partial charge in [0, 0.05) is 36.9 Å². The van der Waals surface area contributed by atoms with Gasteiger partial charge in [0.25, 0.3) is 0 Å². The third-order valence-corrected chi connectivity index (χ3v) is 11.4. The van der Waals surface area contributed by atoms with Gasteiger partial charge in [0.05, 0.1) is 5.69 Å². The van der Waals surface area contributed by atoms with Gasteiger partial charge in [-0.25, -0.2) is 0 Å². The number of thiophene rings is 1. The summed E-state index contributed by atoms with van der Waals surface area (Å²) in [5, 5.41) is 7.60. The molecular weight excluding hydrogens is 647 g/mol. The summed E-state index contributed by atoms with van der Waals surface area (Å²) in [7, 11) is 0. The molecule has 0 spiro atoms. The van der Waals surface area contributed by atoms with E-state index in [1.54, 1.807) is 0 Å². The van der Waals surface area contributed by atoms with E-state index in [2.05, 4.69) is 205 Å². The first-order chi connectivity index (χ1) is 25.8. The van der Waals surface area contributed by atoms with Gasteiger partial charge in [0.1, 0.15) is 0 Å². The van der Waals surface area contributed by atoms with Crippen molar-refractivity contribution in [2.24, 2.45) is 0 Å². The predicted octanol–water partition coefficient (Wildman–Crippen LogP) is 14.8. The molecule has 9 aromatic carbocycles. The summed E-state index contributed by atoms with van der Waals surface area (Å²) >= 11 is 1.86. The first kappa shape index (κ1) is 30.4. The molecule has 0 unspecified atom stereocenters. The number of anilines is 3. The molecule has 10 aromatic rings. The van der Waals surface area contributed by atoms with Crippen LogP contribution in [0.4, 0.5) is 17.1 Å². The molecule has 0 aliphatic rings. The number of fused-ring (bicyclic) bond motifs is 5. The lowest BCUT2D eigenvalue weighted by atomic mass is 9.90. The molecule has 1 aromatic heterocycles. The van der Waals surface area contributed by atoms with Crippen LogP contribution in [0.25, 0.3) is 75.1 Å². The molecule has 10 rings (SSSR count). The normalized spacial score (nSPS) is 11.5. The average Bonchev–Trinajstić information content (AvgIpc) is 3.59. The van der Waals surface area contributed by atoms with Crippen LogP contribution in [0, 0.1) is 0 Å². The molecule has 0 atom stereocenters. The van der Waals surface area contributed by atoms with Gasteiger partial charge in [-0.1, -0.05) is 158 Å². The molecule has 1 nitrogen and oxygen atoms in total. The second-order valence-electron chi connectivity index (χ2n) is 13.3. The lowest BCUT2D eigenvalue weighted by molar-refractivity contribution is 1.30. The fraction of sp³-hybridized carbons (Fsp3) is 0. The van der Waals surface area contributed by atoms with Crippen LogP contribution in [-0.2, 0) is 0 Å². The number of rotatable bonds is 6. The molecule has 0 radical (unpaired) electrons. The molecule has 0 fully saturated rings. The Morgan fingerprint density at radius 3 is 1.77 bits per heavy atom. The predicted molar refractivity (Wildman–Crippen MR) is 225 cm³/mol. The lowest BCUT2D eigenvalue weighted by Crippen LogP contribution is -2.10. The van der Waals surface area contributed by atoms with E-state index in [-0.39, 0.29) is 0 Å². The molecular formula is C50H33NS. The number of hydrogen-bond donors (Lipinski definition) is 0. The standard InChI is InChI=1S/C50H33NS/c1-2-12-36(13-3-1)43-22-9-16-37-17-10-23-44(50(37)43)39-19-8-18-38(32-39)34-26-28-40(29-27-34)51(47-24-11-15-35-14-4-5-20-42(35)47)41-30-31-46-45-21-6-7-25-48(45)52-49(46)33-41/h1-33H. The van der Waals surface area contributed by atoms with Crippen LogP contribution in [0.1, 0.15) is 0 Å². The van der Waals surface area contributed by atoms with Crippen LogP contribution >= 0.6 is 11.3 Å². The third-order valence-electron chi connectivity index (χ3n) is 10.2. The first-order valence-electron chi connectivity index (χ1n) is 17.8. The van der Waals surface area contributed by atoms with E-state index in [1.807, 2.05) is 11.3 Å². The fourth-order valence-electron chi connectivity index (χ4n) is 7.79. The van der Waals surface area contributed by atoms with E-state index in [0.717, 1.165) is 11.4 Å². The van der Waals surface area contributed by atoms with Gasteiger partial charge >= 0.3 is 0 Å². The van der Waals surface area contributed by atoms with Crippen molar-refractivity contribution in [3.8, 4) is 33.4 Å². The van der Waals surface area contributed by atoms with Gasteiger partial charge in [0.15, 0.2) is 0 Å². The molecule has 0 saturated heterocycles. The zero-order valence-corrected chi connectivity index (χ0v) is 29.2. The maximum absolute atomic E-state index is 2.41. The Balaban J connectivity index is 1.08. The molecule has 1 heterocycles. The second-order valence-corrected chi connectivity index (χ2v) is 14.4. The highest BCUT2D eigenvalue weighted by atomic mass is 32.1. The maximum atomic E-state index is 2.41. The zero-order chi connectivity index (χ0) is 34.4. The van der Waals surface area contributed by atoms with Crippen molar-refractivity contribution in [1.82, 2.24) is 0 Å². The Morgan fingerprint density at radius 2 is 0.923 bits per heavy atom. The smallest absolute Gasteiger partial charge is 0.0540 e. The minimum Gasteiger partial charge on any atom is -0.310 e. The molecule has 0 saturated carbocycles. The Morgan fingerprint density at radius 1 is 0.327 bits per heavy atom. The summed E-state index contributed by atoms with van der Waals surface area (Å²) in [5.74, 6) is 0. The SMILES string of the molecule is c1ccc(-c2cccc3cccc(-c4cccc(-c5ccc(N(c6ccc7c(c6)sc6ccccc67)c6cccc7ccccc67)cc5)c4)c23)cc1. The summed E-state index contributed by atoms with van der Waals surface area (Å²) in [4.78, 5) is 2.41. The highest BCUT2D eigenvalue weighted by Crippen LogP contribution is 2.43. The maximum Gasteiger partial charge on any atom is 0.0540 e. The van der Waals surface area contributed by atoms with E-state index < -0.39 is 0 Å². The number of nitrogens with zero attached hydrogens (tertiary/aromatic N) is 1. The minimum absolute atomic E-state index is 1.12. The van der Waals surface area contributed by atoms with Crippen LogP contribution in [-0.4, -0.2) is 0 Å². The highest BCUT2D eigenvalue weighted by Gasteiger charge is 2.18. The van der Waals surface area contributed by atoms with E-state index in [1.165, 1.54) is 80.8 Å². The molecule has 52 heavy (non-hydrogen) atoms. The van der Waals surface area contributed by atoms with Crippen molar-refractivity contribution >= 4 is 70.1 Å². The Hall–Kier alpha value is -6.48. The Bertz CT molecular complexity index is 2890. The van der Waals surface area contributed by atoms with Gasteiger partial charge in [-0.2, -0.15) is 0 Å². The monoisotopic (exact) mass is 679 g/mol. The van der Waals surface area contributed by atoms with Gasteiger partial charge < -0.3 is 4.90 Å². The van der Waals surface area contributed by atoms with E-state index in [9.17, 15) is 0 Å². The van der Waals surface area contributed by atoms with Crippen LogP contribution in [0.3, 0.4) is 0 Å². The Kier molecular flexibility index (Phi) is 7.41. The molecule has 0 aliphatic carbocycles. The van der Waals surface area contributed by atoms with Crippen molar-refractivity contribution in [2.75, 3.05) is 4.90 Å².